The standard InChI is InChI=1S/C20H20ClNO6/c1-25-16-10-14(11-17-19(16)27-8-7-26-17)20(24)28-12-18(23)22-6-5-13-3-2-4-15(21)9-13/h2-4,9-11H,5-8,12H2,1H3,(H,22,23). The van der Waals surface area contributed by atoms with Crippen molar-refractivity contribution in [1.29, 1.82) is 0 Å². The molecule has 1 aliphatic rings. The molecular weight excluding hydrogens is 386 g/mol. The lowest BCUT2D eigenvalue weighted by molar-refractivity contribution is -0.124. The van der Waals surface area contributed by atoms with E-state index in [1.165, 1.54) is 19.2 Å². The molecule has 2 aromatic rings. The number of benzene rings is 2. The summed E-state index contributed by atoms with van der Waals surface area (Å²) in [5, 5.41) is 3.35. The van der Waals surface area contributed by atoms with Crippen molar-refractivity contribution in [2.75, 3.05) is 33.5 Å². The molecule has 0 aliphatic carbocycles. The van der Waals surface area contributed by atoms with E-state index in [9.17, 15) is 9.59 Å². The van der Waals surface area contributed by atoms with Crippen LogP contribution in [-0.2, 0) is 16.0 Å². The maximum absolute atomic E-state index is 12.3. The SMILES string of the molecule is COc1cc(C(=O)OCC(=O)NCCc2cccc(Cl)c2)cc2c1OCCO2. The average molecular weight is 406 g/mol. The Balaban J connectivity index is 1.50. The number of carbonyl (C=O) groups is 2. The van der Waals surface area contributed by atoms with E-state index in [2.05, 4.69) is 5.32 Å². The van der Waals surface area contributed by atoms with Gasteiger partial charge in [0.1, 0.15) is 13.2 Å². The van der Waals surface area contributed by atoms with Gasteiger partial charge >= 0.3 is 5.97 Å². The van der Waals surface area contributed by atoms with Gasteiger partial charge in [-0.3, -0.25) is 4.79 Å². The number of esters is 1. The summed E-state index contributed by atoms with van der Waals surface area (Å²) in [4.78, 5) is 24.2. The fourth-order valence-electron chi connectivity index (χ4n) is 2.70. The van der Waals surface area contributed by atoms with Crippen LogP contribution in [0.2, 0.25) is 5.02 Å². The number of carbonyl (C=O) groups excluding carboxylic acids is 2. The molecule has 8 heteroatoms. The summed E-state index contributed by atoms with van der Waals surface area (Å²) >= 11 is 5.92. The van der Waals surface area contributed by atoms with E-state index in [1.807, 2.05) is 18.2 Å². The molecule has 1 amide bonds. The Morgan fingerprint density at radius 3 is 2.79 bits per heavy atom. The molecule has 0 atom stereocenters. The van der Waals surface area contributed by atoms with Crippen LogP contribution in [0, 0.1) is 0 Å². The van der Waals surface area contributed by atoms with Crippen molar-refractivity contribution >= 4 is 23.5 Å². The van der Waals surface area contributed by atoms with Crippen molar-refractivity contribution in [3.8, 4) is 17.2 Å². The normalized spacial score (nSPS) is 12.2. The summed E-state index contributed by atoms with van der Waals surface area (Å²) in [5.74, 6) is 0.183. The third kappa shape index (κ3) is 5.07. The quantitative estimate of drug-likeness (QED) is 0.713. The molecule has 7 nitrogen and oxygen atoms in total. The number of halogens is 1. The molecule has 0 fully saturated rings. The number of fused-ring (bicyclic) bond motifs is 1. The van der Waals surface area contributed by atoms with Gasteiger partial charge in [0, 0.05) is 11.6 Å². The lowest BCUT2D eigenvalue weighted by Crippen LogP contribution is -2.30. The molecule has 0 radical (unpaired) electrons. The van der Waals surface area contributed by atoms with Crippen LogP contribution in [0.4, 0.5) is 0 Å². The Morgan fingerprint density at radius 2 is 2.00 bits per heavy atom. The molecule has 28 heavy (non-hydrogen) atoms. The van der Waals surface area contributed by atoms with Gasteiger partial charge in [-0.05, 0) is 36.2 Å². The van der Waals surface area contributed by atoms with E-state index < -0.39 is 5.97 Å². The van der Waals surface area contributed by atoms with Crippen LogP contribution in [0.5, 0.6) is 17.2 Å². The van der Waals surface area contributed by atoms with Crippen molar-refractivity contribution in [3.63, 3.8) is 0 Å². The van der Waals surface area contributed by atoms with Gasteiger partial charge in [-0.2, -0.15) is 0 Å². The van der Waals surface area contributed by atoms with Crippen LogP contribution in [-0.4, -0.2) is 45.4 Å². The maximum Gasteiger partial charge on any atom is 0.338 e. The zero-order valence-corrected chi connectivity index (χ0v) is 16.1. The summed E-state index contributed by atoms with van der Waals surface area (Å²) in [5.41, 5.74) is 1.22. The highest BCUT2D eigenvalue weighted by Gasteiger charge is 2.22. The van der Waals surface area contributed by atoms with Crippen molar-refractivity contribution in [3.05, 3.63) is 52.5 Å². The third-order valence-corrected chi connectivity index (χ3v) is 4.26. The van der Waals surface area contributed by atoms with Gasteiger partial charge < -0.3 is 24.3 Å². The largest absolute Gasteiger partial charge is 0.493 e. The fourth-order valence-corrected chi connectivity index (χ4v) is 2.91. The Morgan fingerprint density at radius 1 is 1.18 bits per heavy atom. The molecule has 0 unspecified atom stereocenters. The van der Waals surface area contributed by atoms with Gasteiger partial charge in [-0.1, -0.05) is 23.7 Å². The number of ether oxygens (including phenoxy) is 4. The molecule has 1 heterocycles. The molecule has 0 saturated carbocycles. The zero-order valence-electron chi connectivity index (χ0n) is 15.3. The number of hydrogen-bond acceptors (Lipinski definition) is 6. The molecule has 0 spiro atoms. The highest BCUT2D eigenvalue weighted by molar-refractivity contribution is 6.30. The summed E-state index contributed by atoms with van der Waals surface area (Å²) < 4.78 is 21.3. The predicted molar refractivity (Wildman–Crippen MR) is 102 cm³/mol. The van der Waals surface area contributed by atoms with Crippen LogP contribution in [0.25, 0.3) is 0 Å². The number of rotatable bonds is 7. The second-order valence-corrected chi connectivity index (χ2v) is 6.45. The second kappa shape index (κ2) is 9.32. The van der Waals surface area contributed by atoms with Gasteiger partial charge in [0.25, 0.3) is 5.91 Å². The van der Waals surface area contributed by atoms with Crippen LogP contribution in [0.1, 0.15) is 15.9 Å². The van der Waals surface area contributed by atoms with Crippen molar-refractivity contribution in [2.24, 2.45) is 0 Å². The monoisotopic (exact) mass is 405 g/mol. The Labute approximate surface area is 167 Å². The Kier molecular flexibility index (Phi) is 6.60. The first-order valence-electron chi connectivity index (χ1n) is 8.72. The van der Waals surface area contributed by atoms with E-state index in [4.69, 9.17) is 30.5 Å². The smallest absolute Gasteiger partial charge is 0.338 e. The van der Waals surface area contributed by atoms with Crippen LogP contribution in [0.3, 0.4) is 0 Å². The first kappa shape index (κ1) is 19.8. The average Bonchev–Trinajstić information content (AvgIpc) is 2.71. The van der Waals surface area contributed by atoms with E-state index >= 15 is 0 Å². The predicted octanol–water partition coefficient (Wildman–Crippen LogP) is 2.64. The number of methoxy groups -OCH3 is 1. The summed E-state index contributed by atoms with van der Waals surface area (Å²) in [6.07, 6.45) is 0.625. The first-order chi connectivity index (χ1) is 13.6. The van der Waals surface area contributed by atoms with Gasteiger partial charge in [0.15, 0.2) is 18.1 Å². The third-order valence-electron chi connectivity index (χ3n) is 4.02. The van der Waals surface area contributed by atoms with Crippen molar-refractivity contribution in [2.45, 2.75) is 6.42 Å². The van der Waals surface area contributed by atoms with E-state index in [1.54, 1.807) is 6.07 Å². The van der Waals surface area contributed by atoms with Crippen LogP contribution >= 0.6 is 11.6 Å². The van der Waals surface area contributed by atoms with Crippen molar-refractivity contribution in [1.82, 2.24) is 5.32 Å². The maximum atomic E-state index is 12.3. The summed E-state index contributed by atoms with van der Waals surface area (Å²) in [7, 11) is 1.47. The summed E-state index contributed by atoms with van der Waals surface area (Å²) in [6.45, 7) is 0.811. The minimum absolute atomic E-state index is 0.216. The minimum atomic E-state index is -0.653. The van der Waals surface area contributed by atoms with Crippen LogP contribution < -0.4 is 19.5 Å². The number of amides is 1. The van der Waals surface area contributed by atoms with Gasteiger partial charge in [-0.25, -0.2) is 4.79 Å². The molecule has 0 aromatic heterocycles. The minimum Gasteiger partial charge on any atom is -0.493 e. The van der Waals surface area contributed by atoms with E-state index in [0.717, 1.165) is 5.56 Å². The van der Waals surface area contributed by atoms with Crippen molar-refractivity contribution < 1.29 is 28.5 Å². The molecule has 148 valence electrons. The number of hydrogen-bond donors (Lipinski definition) is 1. The lowest BCUT2D eigenvalue weighted by atomic mass is 10.1. The fraction of sp³-hybridized carbons (Fsp3) is 0.300. The zero-order chi connectivity index (χ0) is 19.9. The molecule has 0 bridgehead atoms. The Hall–Kier alpha value is -2.93. The molecule has 1 aliphatic heterocycles. The Bertz CT molecular complexity index is 853. The van der Waals surface area contributed by atoms with Gasteiger partial charge in [0.2, 0.25) is 5.75 Å². The van der Waals surface area contributed by atoms with E-state index in [0.29, 0.717) is 48.5 Å². The van der Waals surface area contributed by atoms with E-state index in [-0.39, 0.29) is 18.1 Å². The highest BCUT2D eigenvalue weighted by Crippen LogP contribution is 2.40. The second-order valence-electron chi connectivity index (χ2n) is 6.01. The van der Waals surface area contributed by atoms with Gasteiger partial charge in [0.05, 0.1) is 12.7 Å². The summed E-state index contributed by atoms with van der Waals surface area (Å²) in [6, 6.07) is 10.4. The molecule has 2 aromatic carbocycles. The molecular formula is C20H20ClNO6. The highest BCUT2D eigenvalue weighted by atomic mass is 35.5. The van der Waals surface area contributed by atoms with Crippen LogP contribution in [0.15, 0.2) is 36.4 Å². The topological polar surface area (TPSA) is 83.1 Å². The first-order valence-corrected chi connectivity index (χ1v) is 9.10. The molecule has 1 N–H and O–H groups in total. The van der Waals surface area contributed by atoms with Gasteiger partial charge in [-0.15, -0.1) is 0 Å². The lowest BCUT2D eigenvalue weighted by Gasteiger charge is -2.21. The number of nitrogens with one attached hydrogen (secondary N) is 1. The molecule has 3 rings (SSSR count). The molecule has 0 saturated heterocycles.